The maximum absolute atomic E-state index is 15.7. The Morgan fingerprint density at radius 2 is 2.00 bits per heavy atom. The van der Waals surface area contributed by atoms with Crippen LogP contribution in [0.15, 0.2) is 77.6 Å². The van der Waals surface area contributed by atoms with Gasteiger partial charge in [-0.1, -0.05) is 18.2 Å². The first-order valence-electron chi connectivity index (χ1n) is 9.03. The number of aromatic amines is 1. The number of halogens is 2. The molecule has 4 rings (SSSR count). The van der Waals surface area contributed by atoms with Gasteiger partial charge in [-0.05, 0) is 47.8 Å². The molecule has 2 heterocycles. The zero-order chi connectivity index (χ0) is 21.8. The molecule has 0 amide bonds. The van der Waals surface area contributed by atoms with Crippen molar-refractivity contribution in [1.82, 2.24) is 19.9 Å². The van der Waals surface area contributed by atoms with Crippen molar-refractivity contribution in [3.05, 3.63) is 95.2 Å². The lowest BCUT2D eigenvalue weighted by Gasteiger charge is -2.13. The van der Waals surface area contributed by atoms with Crippen molar-refractivity contribution in [3.8, 4) is 11.1 Å². The van der Waals surface area contributed by atoms with Crippen LogP contribution >= 0.6 is 0 Å². The first-order valence-corrected chi connectivity index (χ1v) is 9.03. The van der Waals surface area contributed by atoms with E-state index in [1.807, 2.05) is 0 Å². The van der Waals surface area contributed by atoms with Crippen LogP contribution in [0.2, 0.25) is 0 Å². The lowest BCUT2D eigenvalue weighted by molar-refractivity contribution is 0.579. The van der Waals surface area contributed by atoms with Gasteiger partial charge in [-0.15, -0.1) is 4.91 Å². The Labute approximate surface area is 174 Å². The highest BCUT2D eigenvalue weighted by Gasteiger charge is 2.22. The van der Waals surface area contributed by atoms with Gasteiger partial charge in [0.2, 0.25) is 0 Å². The van der Waals surface area contributed by atoms with Gasteiger partial charge < -0.3 is 4.98 Å². The quantitative estimate of drug-likeness (QED) is 0.261. The van der Waals surface area contributed by atoms with Crippen LogP contribution in [-0.4, -0.2) is 26.7 Å². The van der Waals surface area contributed by atoms with Gasteiger partial charge in [0, 0.05) is 17.3 Å². The van der Waals surface area contributed by atoms with Crippen molar-refractivity contribution in [2.45, 2.75) is 0 Å². The number of H-pyrrole nitrogens is 1. The summed E-state index contributed by atoms with van der Waals surface area (Å²) in [7, 11) is 0. The van der Waals surface area contributed by atoms with E-state index in [1.165, 1.54) is 49.2 Å². The van der Waals surface area contributed by atoms with Crippen molar-refractivity contribution >= 4 is 29.1 Å². The van der Waals surface area contributed by atoms with E-state index in [9.17, 15) is 9.30 Å². The molecular formula is C22H14F2N6O. The number of aliphatic imine (C=N–C) groups is 1. The van der Waals surface area contributed by atoms with E-state index in [2.05, 4.69) is 36.8 Å². The molecule has 0 radical (unpaired) electrons. The summed E-state index contributed by atoms with van der Waals surface area (Å²) in [6, 6.07) is 8.56. The summed E-state index contributed by atoms with van der Waals surface area (Å²) in [5, 5.41) is 2.88. The van der Waals surface area contributed by atoms with E-state index in [0.717, 1.165) is 6.07 Å². The molecule has 2 aromatic heterocycles. The average Bonchev–Trinajstić information content (AvgIpc) is 3.27. The van der Waals surface area contributed by atoms with E-state index in [0.29, 0.717) is 16.7 Å². The minimum absolute atomic E-state index is 0.105. The molecule has 7 nitrogen and oxygen atoms in total. The number of nitroso groups, excluding NO2 is 1. The lowest BCUT2D eigenvalue weighted by atomic mass is 9.94. The topological polar surface area (TPSA) is 96.2 Å². The van der Waals surface area contributed by atoms with Gasteiger partial charge in [-0.3, -0.25) is 4.99 Å². The van der Waals surface area contributed by atoms with Crippen LogP contribution in [0.3, 0.4) is 0 Å². The monoisotopic (exact) mass is 416 g/mol. The summed E-state index contributed by atoms with van der Waals surface area (Å²) in [5.41, 5.74) is 1.50. The molecule has 0 saturated carbocycles. The summed E-state index contributed by atoms with van der Waals surface area (Å²) in [6.07, 6.45) is 7.04. The van der Waals surface area contributed by atoms with Gasteiger partial charge in [0.05, 0.1) is 11.9 Å². The summed E-state index contributed by atoms with van der Waals surface area (Å²) < 4.78 is 30.7. The van der Waals surface area contributed by atoms with E-state index < -0.39 is 11.6 Å². The summed E-state index contributed by atoms with van der Waals surface area (Å²) in [4.78, 5) is 29.7. The highest BCUT2D eigenvalue weighted by atomic mass is 19.1. The molecule has 0 unspecified atom stereocenters. The molecule has 9 heteroatoms. The number of imidazole rings is 1. The fraction of sp³-hybridized carbons (Fsp3) is 0. The van der Waals surface area contributed by atoms with Crippen LogP contribution in [0.25, 0.3) is 27.9 Å². The van der Waals surface area contributed by atoms with Crippen molar-refractivity contribution in [1.29, 1.82) is 0 Å². The molecule has 0 saturated heterocycles. The van der Waals surface area contributed by atoms with E-state index in [-0.39, 0.29) is 28.1 Å². The maximum Gasteiger partial charge on any atom is 0.181 e. The third-order valence-corrected chi connectivity index (χ3v) is 4.56. The van der Waals surface area contributed by atoms with Crippen molar-refractivity contribution in [2.75, 3.05) is 0 Å². The summed E-state index contributed by atoms with van der Waals surface area (Å²) in [5.74, 6) is -1.61. The first-order chi connectivity index (χ1) is 15.1. The fourth-order valence-corrected chi connectivity index (χ4v) is 3.20. The van der Waals surface area contributed by atoms with E-state index in [4.69, 9.17) is 0 Å². The van der Waals surface area contributed by atoms with Crippen LogP contribution in [0.5, 0.6) is 0 Å². The van der Waals surface area contributed by atoms with E-state index >= 15 is 4.39 Å². The number of allylic oxidation sites excluding steroid dienone is 2. The third-order valence-electron chi connectivity index (χ3n) is 4.56. The van der Waals surface area contributed by atoms with Gasteiger partial charge in [-0.2, -0.15) is 0 Å². The largest absolute Gasteiger partial charge is 0.341 e. The van der Waals surface area contributed by atoms with Crippen LogP contribution in [-0.2, 0) is 0 Å². The molecule has 152 valence electrons. The molecule has 0 spiro atoms. The number of aromatic nitrogens is 4. The smallest absolute Gasteiger partial charge is 0.181 e. The van der Waals surface area contributed by atoms with Crippen molar-refractivity contribution in [3.63, 3.8) is 0 Å². The van der Waals surface area contributed by atoms with E-state index in [1.54, 1.807) is 12.1 Å². The zero-order valence-corrected chi connectivity index (χ0v) is 16.0. The number of fused-ring (bicyclic) bond motifs is 1. The highest BCUT2D eigenvalue weighted by Crippen LogP contribution is 2.35. The molecule has 0 aliphatic heterocycles. The molecule has 0 aliphatic rings. The number of nitrogens with zero attached hydrogens (tertiary/aromatic N) is 5. The Kier molecular flexibility index (Phi) is 5.48. The molecule has 0 aliphatic carbocycles. The Hall–Kier alpha value is -4.40. The average molecular weight is 416 g/mol. The minimum atomic E-state index is -0.819. The van der Waals surface area contributed by atoms with Crippen molar-refractivity contribution in [2.24, 2.45) is 10.2 Å². The van der Waals surface area contributed by atoms with Gasteiger partial charge in [-0.25, -0.2) is 23.7 Å². The Balaban J connectivity index is 1.98. The molecule has 0 fully saturated rings. The maximum atomic E-state index is 15.7. The Bertz CT molecular complexity index is 1360. The minimum Gasteiger partial charge on any atom is -0.341 e. The Morgan fingerprint density at radius 1 is 1.13 bits per heavy atom. The normalized spacial score (nSPS) is 11.9. The third kappa shape index (κ3) is 3.76. The molecule has 0 bridgehead atoms. The number of hydrogen-bond donors (Lipinski definition) is 1. The Morgan fingerprint density at radius 3 is 2.81 bits per heavy atom. The number of benzene rings is 2. The molecule has 1 N–H and O–H groups in total. The standard InChI is InChI=1S/C22H14F2N6O/c1-25-9-3-6-16(20-21-22(28-11-26-20)29-12-27-21)18-17(23)8-7-15(19(18)24)13-4-2-5-14(10-13)30-31/h2-12H,1H2,(H,26,27,28,29)/b9-3-,16-6+. The van der Waals surface area contributed by atoms with Gasteiger partial charge in [0.15, 0.2) is 5.65 Å². The van der Waals surface area contributed by atoms with Gasteiger partial charge in [0.25, 0.3) is 0 Å². The fourth-order valence-electron chi connectivity index (χ4n) is 3.20. The molecule has 2 aromatic carbocycles. The zero-order valence-electron chi connectivity index (χ0n) is 16.0. The number of rotatable bonds is 6. The number of nitrogens with one attached hydrogen (secondary N) is 1. The van der Waals surface area contributed by atoms with Crippen LogP contribution in [0.1, 0.15) is 11.3 Å². The van der Waals surface area contributed by atoms with Crippen LogP contribution in [0, 0.1) is 16.5 Å². The molecule has 0 atom stereocenters. The second-order valence-corrected chi connectivity index (χ2v) is 6.35. The second kappa shape index (κ2) is 8.54. The second-order valence-electron chi connectivity index (χ2n) is 6.35. The predicted molar refractivity (Wildman–Crippen MR) is 115 cm³/mol. The molecule has 31 heavy (non-hydrogen) atoms. The molecular weight excluding hydrogens is 402 g/mol. The van der Waals surface area contributed by atoms with Crippen LogP contribution < -0.4 is 0 Å². The first kappa shape index (κ1) is 19.9. The SMILES string of the molecule is C=N/C=C\C=C(/c1c(F)ccc(-c2cccc(N=O)c2)c1F)c1ncnc2nc[nH]c12. The number of hydrogen-bond acceptors (Lipinski definition) is 6. The van der Waals surface area contributed by atoms with Gasteiger partial charge >= 0.3 is 0 Å². The summed E-state index contributed by atoms with van der Waals surface area (Å²) in [6.45, 7) is 3.36. The van der Waals surface area contributed by atoms with Crippen LogP contribution in [0.4, 0.5) is 14.5 Å². The molecule has 4 aromatic rings. The lowest BCUT2D eigenvalue weighted by Crippen LogP contribution is -2.02. The summed E-state index contributed by atoms with van der Waals surface area (Å²) >= 11 is 0. The predicted octanol–water partition coefficient (Wildman–Crippen LogP) is 5.34. The van der Waals surface area contributed by atoms with Gasteiger partial charge in [0.1, 0.15) is 34.9 Å². The van der Waals surface area contributed by atoms with Crippen molar-refractivity contribution < 1.29 is 8.78 Å². The highest BCUT2D eigenvalue weighted by molar-refractivity contribution is 5.92.